The van der Waals surface area contributed by atoms with Crippen LogP contribution in [0.15, 0.2) is 71.8 Å². The Bertz CT molecular complexity index is 2080. The lowest BCUT2D eigenvalue weighted by atomic mass is 10.1. The maximum atomic E-state index is 13.9. The molecule has 1 fully saturated rings. The molecule has 1 N–H and O–H groups in total. The Morgan fingerprint density at radius 1 is 0.953 bits per heavy atom. The molecule has 12 nitrogen and oxygen atoms in total. The van der Waals surface area contributed by atoms with E-state index in [4.69, 9.17) is 9.72 Å². The minimum Gasteiger partial charge on any atom is -0.465 e. The largest absolute Gasteiger partial charge is 0.465 e. The Kier molecular flexibility index (Phi) is 6.47. The summed E-state index contributed by atoms with van der Waals surface area (Å²) in [5, 5.41) is 4.17. The van der Waals surface area contributed by atoms with Gasteiger partial charge < -0.3 is 19.9 Å². The quantitative estimate of drug-likeness (QED) is 0.305. The first-order valence-electron chi connectivity index (χ1n) is 14.0. The number of fused-ring (bicyclic) bond motifs is 4. The maximum Gasteiger partial charge on any atom is 0.337 e. The molecule has 0 radical (unpaired) electrons. The number of ether oxygens (including phenoxy) is 1. The molecule has 0 bridgehead atoms. The van der Waals surface area contributed by atoms with Gasteiger partial charge in [0.25, 0.3) is 5.56 Å². The Morgan fingerprint density at radius 2 is 1.79 bits per heavy atom. The van der Waals surface area contributed by atoms with Crippen molar-refractivity contribution in [2.24, 2.45) is 0 Å². The molecule has 1 saturated heterocycles. The van der Waals surface area contributed by atoms with Gasteiger partial charge in [-0.1, -0.05) is 6.07 Å². The molecule has 1 aliphatic heterocycles. The van der Waals surface area contributed by atoms with Crippen LogP contribution >= 0.6 is 0 Å². The van der Waals surface area contributed by atoms with E-state index in [1.165, 1.54) is 23.5 Å². The van der Waals surface area contributed by atoms with Gasteiger partial charge >= 0.3 is 5.97 Å². The summed E-state index contributed by atoms with van der Waals surface area (Å²) in [6, 6.07) is 16.7. The number of benzene rings is 2. The van der Waals surface area contributed by atoms with Crippen molar-refractivity contribution in [1.82, 2.24) is 34.0 Å². The zero-order valence-corrected chi connectivity index (χ0v) is 24.0. The SMILES string of the molecule is COC(=O)c1ccc2c(c1)n(-c1ccccn1)n1c(=O)c3cnc(Nc4ccc(N5CCN(C)CC5)c(C)c4)nc3nc21. The van der Waals surface area contributed by atoms with Crippen LogP contribution in [0.3, 0.4) is 0 Å². The number of aryl methyl sites for hydroxylation is 1. The number of pyridine rings is 1. The number of carbonyl (C=O) groups is 1. The van der Waals surface area contributed by atoms with Crippen molar-refractivity contribution >= 4 is 50.9 Å². The van der Waals surface area contributed by atoms with Crippen molar-refractivity contribution in [3.8, 4) is 5.82 Å². The van der Waals surface area contributed by atoms with E-state index < -0.39 is 5.97 Å². The van der Waals surface area contributed by atoms with E-state index in [0.29, 0.717) is 33.9 Å². The number of nitrogens with one attached hydrogen (secondary N) is 1. The van der Waals surface area contributed by atoms with E-state index in [0.717, 1.165) is 37.4 Å². The lowest BCUT2D eigenvalue weighted by Gasteiger charge is -2.35. The summed E-state index contributed by atoms with van der Waals surface area (Å²) in [4.78, 5) is 49.3. The highest BCUT2D eigenvalue weighted by molar-refractivity contribution is 6.00. The lowest BCUT2D eigenvalue weighted by molar-refractivity contribution is 0.0601. The Hall–Kier alpha value is -5.36. The normalized spacial score (nSPS) is 14.1. The maximum absolute atomic E-state index is 13.9. The predicted molar refractivity (Wildman–Crippen MR) is 165 cm³/mol. The third-order valence-corrected chi connectivity index (χ3v) is 7.85. The first-order valence-corrected chi connectivity index (χ1v) is 14.0. The van der Waals surface area contributed by atoms with Crippen molar-refractivity contribution in [1.29, 1.82) is 0 Å². The van der Waals surface area contributed by atoms with Crippen LogP contribution in [0.2, 0.25) is 0 Å². The van der Waals surface area contributed by atoms with Gasteiger partial charge in [-0.05, 0) is 68.1 Å². The van der Waals surface area contributed by atoms with Crippen molar-refractivity contribution in [2.45, 2.75) is 6.92 Å². The minimum absolute atomic E-state index is 0.248. The third-order valence-electron chi connectivity index (χ3n) is 7.85. The molecular weight excluding hydrogens is 546 g/mol. The molecule has 43 heavy (non-hydrogen) atoms. The number of aromatic nitrogens is 6. The summed E-state index contributed by atoms with van der Waals surface area (Å²) >= 11 is 0. The van der Waals surface area contributed by atoms with E-state index in [9.17, 15) is 9.59 Å². The van der Waals surface area contributed by atoms with Crippen LogP contribution in [0.1, 0.15) is 15.9 Å². The number of rotatable bonds is 5. The summed E-state index contributed by atoms with van der Waals surface area (Å²) in [5.41, 5.74) is 4.40. The number of methoxy groups -OCH3 is 1. The number of esters is 1. The van der Waals surface area contributed by atoms with E-state index in [1.54, 1.807) is 41.2 Å². The Balaban J connectivity index is 1.32. The highest BCUT2D eigenvalue weighted by atomic mass is 16.5. The van der Waals surface area contributed by atoms with Crippen molar-refractivity contribution in [3.05, 3.63) is 88.5 Å². The zero-order valence-electron chi connectivity index (χ0n) is 24.0. The van der Waals surface area contributed by atoms with Gasteiger partial charge in [0.2, 0.25) is 5.95 Å². The molecule has 0 aliphatic carbocycles. The third kappa shape index (κ3) is 4.61. The molecule has 0 unspecified atom stereocenters. The van der Waals surface area contributed by atoms with Crippen molar-refractivity contribution in [2.75, 3.05) is 50.6 Å². The molecule has 6 aromatic rings. The molecule has 7 rings (SSSR count). The van der Waals surface area contributed by atoms with Crippen LogP contribution in [0.4, 0.5) is 17.3 Å². The molecule has 2 aromatic carbocycles. The fraction of sp³-hybridized carbons (Fsp3) is 0.226. The molecule has 1 aliphatic rings. The number of anilines is 3. The molecule has 4 aromatic heterocycles. The molecular formula is C31H29N9O3. The van der Waals surface area contributed by atoms with Gasteiger partial charge in [-0.2, -0.15) is 9.50 Å². The zero-order chi connectivity index (χ0) is 29.7. The molecule has 0 atom stereocenters. The van der Waals surface area contributed by atoms with E-state index >= 15 is 0 Å². The second kappa shape index (κ2) is 10.5. The van der Waals surface area contributed by atoms with Gasteiger partial charge in [0.05, 0.1) is 18.2 Å². The van der Waals surface area contributed by atoms with Gasteiger partial charge in [0.1, 0.15) is 5.39 Å². The van der Waals surface area contributed by atoms with Gasteiger partial charge in [-0.15, -0.1) is 0 Å². The van der Waals surface area contributed by atoms with Crippen LogP contribution < -0.4 is 15.8 Å². The van der Waals surface area contributed by atoms with Crippen molar-refractivity contribution < 1.29 is 9.53 Å². The first-order chi connectivity index (χ1) is 20.9. The number of nitrogens with zero attached hydrogens (tertiary/aromatic N) is 8. The Morgan fingerprint density at radius 3 is 2.53 bits per heavy atom. The number of hydrogen-bond donors (Lipinski definition) is 1. The first kappa shape index (κ1) is 26.5. The highest BCUT2D eigenvalue weighted by Crippen LogP contribution is 2.28. The molecule has 0 saturated carbocycles. The second-order valence-electron chi connectivity index (χ2n) is 10.6. The number of hydrogen-bond acceptors (Lipinski definition) is 10. The number of piperazine rings is 1. The second-order valence-corrected chi connectivity index (χ2v) is 10.6. The average molecular weight is 576 g/mol. The van der Waals surface area contributed by atoms with Gasteiger partial charge in [-0.25, -0.2) is 24.4 Å². The van der Waals surface area contributed by atoms with E-state index in [2.05, 4.69) is 56.2 Å². The molecule has 0 amide bonds. The lowest BCUT2D eigenvalue weighted by Crippen LogP contribution is -2.44. The standard InChI is InChI=1S/C31H29N9O3/c1-19-16-21(8-10-24(19)38-14-12-37(2)13-15-38)34-31-33-18-23-27(36-31)35-28-22-9-7-20(30(42)43-3)17-25(22)39(40(28)29(23)41)26-6-4-5-11-32-26/h4-11,16-18H,12-15H2,1-3H3,(H,33,34,36). The summed E-state index contributed by atoms with van der Waals surface area (Å²) in [6.07, 6.45) is 3.12. The van der Waals surface area contributed by atoms with Crippen molar-refractivity contribution in [3.63, 3.8) is 0 Å². The van der Waals surface area contributed by atoms with E-state index in [-0.39, 0.29) is 16.6 Å². The van der Waals surface area contributed by atoms with Crippen LogP contribution in [-0.4, -0.2) is 80.3 Å². The van der Waals surface area contributed by atoms with Gasteiger partial charge in [0.15, 0.2) is 17.1 Å². The summed E-state index contributed by atoms with van der Waals surface area (Å²) < 4.78 is 8.00. The van der Waals surface area contributed by atoms with Crippen LogP contribution in [-0.2, 0) is 4.74 Å². The fourth-order valence-corrected chi connectivity index (χ4v) is 5.60. The average Bonchev–Trinajstić information content (AvgIpc) is 3.35. The summed E-state index contributed by atoms with van der Waals surface area (Å²) in [6.45, 7) is 6.17. The topological polar surface area (TPSA) is 123 Å². The monoisotopic (exact) mass is 575 g/mol. The molecule has 216 valence electrons. The van der Waals surface area contributed by atoms with Crippen LogP contribution in [0.25, 0.3) is 33.4 Å². The van der Waals surface area contributed by atoms with Crippen LogP contribution in [0.5, 0.6) is 0 Å². The molecule has 12 heteroatoms. The van der Waals surface area contributed by atoms with Gasteiger partial charge in [0, 0.05) is 55.3 Å². The number of likely N-dealkylation sites (N-methyl/N-ethyl adjacent to an activating group) is 1. The minimum atomic E-state index is -0.487. The highest BCUT2D eigenvalue weighted by Gasteiger charge is 2.21. The summed E-state index contributed by atoms with van der Waals surface area (Å²) in [5.74, 6) is 0.331. The van der Waals surface area contributed by atoms with Crippen LogP contribution in [0, 0.1) is 6.92 Å². The summed E-state index contributed by atoms with van der Waals surface area (Å²) in [7, 11) is 3.47. The van der Waals surface area contributed by atoms with Gasteiger partial charge in [-0.3, -0.25) is 4.79 Å². The number of carbonyl (C=O) groups excluding carboxylic acids is 1. The molecule has 0 spiro atoms. The fourth-order valence-electron chi connectivity index (χ4n) is 5.60. The predicted octanol–water partition coefficient (Wildman–Crippen LogP) is 3.57. The van der Waals surface area contributed by atoms with E-state index in [1.807, 2.05) is 12.1 Å². The Labute approximate surface area is 246 Å². The smallest absolute Gasteiger partial charge is 0.337 e. The molecule has 5 heterocycles.